The lowest BCUT2D eigenvalue weighted by Crippen LogP contribution is -2.32. The second-order valence-electron chi connectivity index (χ2n) is 6.12. The van der Waals surface area contributed by atoms with E-state index in [1.54, 1.807) is 19.1 Å². The van der Waals surface area contributed by atoms with Crippen LogP contribution in [0.4, 0.5) is 0 Å². The number of aromatic nitrogens is 2. The Hall–Kier alpha value is -2.95. The van der Waals surface area contributed by atoms with Crippen LogP contribution in [-0.4, -0.2) is 22.1 Å². The maximum Gasteiger partial charge on any atom is 0.257 e. The van der Waals surface area contributed by atoms with Crippen LogP contribution < -0.4 is 5.32 Å². The zero-order valence-corrected chi connectivity index (χ0v) is 14.4. The van der Waals surface area contributed by atoms with Crippen molar-refractivity contribution in [1.29, 1.82) is 0 Å². The molecule has 1 amide bonds. The summed E-state index contributed by atoms with van der Waals surface area (Å²) in [6.45, 7) is 3.79. The lowest BCUT2D eigenvalue weighted by Gasteiger charge is -2.14. The summed E-state index contributed by atoms with van der Waals surface area (Å²) in [5.41, 5.74) is 2.70. The van der Waals surface area contributed by atoms with E-state index in [-0.39, 0.29) is 11.9 Å². The highest BCUT2D eigenvalue weighted by atomic mass is 16.5. The SMILES string of the molecule is Cc1noc(-c2ccc(C(=O)N[C@@H](C)CCc3ccccc3)cc2)n1. The van der Waals surface area contributed by atoms with Crippen molar-refractivity contribution in [3.63, 3.8) is 0 Å². The summed E-state index contributed by atoms with van der Waals surface area (Å²) in [5, 5.41) is 6.81. The zero-order chi connectivity index (χ0) is 17.6. The average molecular weight is 335 g/mol. The van der Waals surface area contributed by atoms with Gasteiger partial charge in [0.1, 0.15) is 0 Å². The Kier molecular flexibility index (Phi) is 5.23. The second kappa shape index (κ2) is 7.75. The van der Waals surface area contributed by atoms with E-state index < -0.39 is 0 Å². The van der Waals surface area contributed by atoms with Crippen LogP contribution in [-0.2, 0) is 6.42 Å². The highest BCUT2D eigenvalue weighted by molar-refractivity contribution is 5.94. The zero-order valence-electron chi connectivity index (χ0n) is 14.4. The maximum absolute atomic E-state index is 12.4. The molecule has 0 aliphatic heterocycles. The number of benzene rings is 2. The Morgan fingerprint density at radius 1 is 1.12 bits per heavy atom. The molecule has 0 fully saturated rings. The Balaban J connectivity index is 1.55. The predicted octanol–water partition coefficient (Wildman–Crippen LogP) is 3.80. The van der Waals surface area contributed by atoms with Gasteiger partial charge in [-0.3, -0.25) is 4.79 Å². The quantitative estimate of drug-likeness (QED) is 0.744. The van der Waals surface area contributed by atoms with Crippen LogP contribution in [0, 0.1) is 6.92 Å². The number of carbonyl (C=O) groups is 1. The van der Waals surface area contributed by atoms with Crippen molar-refractivity contribution in [1.82, 2.24) is 15.5 Å². The van der Waals surface area contributed by atoms with E-state index in [0.29, 0.717) is 17.3 Å². The number of hydrogen-bond acceptors (Lipinski definition) is 4. The molecule has 0 aliphatic rings. The highest BCUT2D eigenvalue weighted by Crippen LogP contribution is 2.17. The molecule has 5 nitrogen and oxygen atoms in total. The van der Waals surface area contributed by atoms with Gasteiger partial charge in [0.25, 0.3) is 11.8 Å². The minimum absolute atomic E-state index is 0.0752. The van der Waals surface area contributed by atoms with Gasteiger partial charge in [0.2, 0.25) is 0 Å². The highest BCUT2D eigenvalue weighted by Gasteiger charge is 2.11. The van der Waals surface area contributed by atoms with E-state index >= 15 is 0 Å². The first-order valence-electron chi connectivity index (χ1n) is 8.37. The monoisotopic (exact) mass is 335 g/mol. The van der Waals surface area contributed by atoms with Crippen molar-refractivity contribution in [3.8, 4) is 11.5 Å². The first-order chi connectivity index (χ1) is 12.1. The Morgan fingerprint density at radius 2 is 1.84 bits per heavy atom. The number of aryl methyl sites for hydroxylation is 2. The average Bonchev–Trinajstić information content (AvgIpc) is 3.07. The molecular weight excluding hydrogens is 314 g/mol. The Bertz CT molecular complexity index is 826. The molecule has 1 N–H and O–H groups in total. The first-order valence-corrected chi connectivity index (χ1v) is 8.37. The molecule has 0 radical (unpaired) electrons. The molecule has 3 rings (SSSR count). The van der Waals surface area contributed by atoms with Gasteiger partial charge in [-0.25, -0.2) is 0 Å². The number of hydrogen-bond donors (Lipinski definition) is 1. The molecule has 1 atom stereocenters. The molecule has 2 aromatic carbocycles. The third-order valence-electron chi connectivity index (χ3n) is 4.01. The maximum atomic E-state index is 12.4. The summed E-state index contributed by atoms with van der Waals surface area (Å²) in [7, 11) is 0. The fourth-order valence-corrected chi connectivity index (χ4v) is 2.59. The molecule has 0 saturated carbocycles. The van der Waals surface area contributed by atoms with Gasteiger partial charge in [0, 0.05) is 17.2 Å². The molecule has 0 spiro atoms. The molecule has 1 aromatic heterocycles. The molecule has 3 aromatic rings. The third kappa shape index (κ3) is 4.53. The minimum Gasteiger partial charge on any atom is -0.350 e. The summed E-state index contributed by atoms with van der Waals surface area (Å²) >= 11 is 0. The fraction of sp³-hybridized carbons (Fsp3) is 0.250. The van der Waals surface area contributed by atoms with Crippen LogP contribution >= 0.6 is 0 Å². The van der Waals surface area contributed by atoms with Gasteiger partial charge < -0.3 is 9.84 Å². The van der Waals surface area contributed by atoms with Crippen LogP contribution in [0.3, 0.4) is 0 Å². The standard InChI is InChI=1S/C20H21N3O2/c1-14(8-9-16-6-4-3-5-7-16)21-19(24)17-10-12-18(13-11-17)20-22-15(2)23-25-20/h3-7,10-14H,8-9H2,1-2H3,(H,21,24)/t14-/m0/s1. The van der Waals surface area contributed by atoms with Gasteiger partial charge in [-0.15, -0.1) is 0 Å². The van der Waals surface area contributed by atoms with Crippen LogP contribution in [0.5, 0.6) is 0 Å². The lowest BCUT2D eigenvalue weighted by atomic mass is 10.1. The number of rotatable bonds is 6. The van der Waals surface area contributed by atoms with Crippen LogP contribution in [0.2, 0.25) is 0 Å². The molecule has 0 unspecified atom stereocenters. The van der Waals surface area contributed by atoms with Gasteiger partial charge >= 0.3 is 0 Å². The topological polar surface area (TPSA) is 68.0 Å². The van der Waals surface area contributed by atoms with E-state index in [0.717, 1.165) is 18.4 Å². The van der Waals surface area contributed by atoms with Gasteiger partial charge in [-0.05, 0) is 56.5 Å². The first kappa shape index (κ1) is 16.9. The van der Waals surface area contributed by atoms with Gasteiger partial charge in [0.15, 0.2) is 5.82 Å². The van der Waals surface area contributed by atoms with Crippen molar-refractivity contribution in [2.24, 2.45) is 0 Å². The minimum atomic E-state index is -0.0752. The largest absolute Gasteiger partial charge is 0.350 e. The van der Waals surface area contributed by atoms with Crippen molar-refractivity contribution >= 4 is 5.91 Å². The predicted molar refractivity (Wildman–Crippen MR) is 96.2 cm³/mol. The molecule has 1 heterocycles. The van der Waals surface area contributed by atoms with Crippen LogP contribution in [0.15, 0.2) is 59.1 Å². The van der Waals surface area contributed by atoms with Gasteiger partial charge in [-0.1, -0.05) is 35.5 Å². The van der Waals surface area contributed by atoms with E-state index in [9.17, 15) is 4.79 Å². The van der Waals surface area contributed by atoms with E-state index in [1.807, 2.05) is 37.3 Å². The summed E-state index contributed by atoms with van der Waals surface area (Å²) in [4.78, 5) is 16.5. The molecule has 0 bridgehead atoms. The van der Waals surface area contributed by atoms with E-state index in [4.69, 9.17) is 4.52 Å². The van der Waals surface area contributed by atoms with E-state index in [1.165, 1.54) is 5.56 Å². The molecule has 0 aliphatic carbocycles. The smallest absolute Gasteiger partial charge is 0.257 e. The third-order valence-corrected chi connectivity index (χ3v) is 4.01. The van der Waals surface area contributed by atoms with Crippen molar-refractivity contribution in [3.05, 3.63) is 71.5 Å². The van der Waals surface area contributed by atoms with Crippen molar-refractivity contribution < 1.29 is 9.32 Å². The van der Waals surface area contributed by atoms with Gasteiger partial charge in [0.05, 0.1) is 0 Å². The fourth-order valence-electron chi connectivity index (χ4n) is 2.59. The molecular formula is C20H21N3O2. The Labute approximate surface area is 147 Å². The van der Waals surface area contributed by atoms with Gasteiger partial charge in [-0.2, -0.15) is 4.98 Å². The van der Waals surface area contributed by atoms with Crippen LogP contribution in [0.1, 0.15) is 35.1 Å². The number of carbonyl (C=O) groups excluding carboxylic acids is 1. The second-order valence-corrected chi connectivity index (χ2v) is 6.12. The number of nitrogens with one attached hydrogen (secondary N) is 1. The van der Waals surface area contributed by atoms with Crippen LogP contribution in [0.25, 0.3) is 11.5 Å². The van der Waals surface area contributed by atoms with Crippen molar-refractivity contribution in [2.45, 2.75) is 32.7 Å². The van der Waals surface area contributed by atoms with E-state index in [2.05, 4.69) is 27.6 Å². The Morgan fingerprint density at radius 3 is 2.48 bits per heavy atom. The summed E-state index contributed by atoms with van der Waals surface area (Å²) in [6.07, 6.45) is 1.84. The van der Waals surface area contributed by atoms with Crippen molar-refractivity contribution in [2.75, 3.05) is 0 Å². The molecule has 0 saturated heterocycles. The number of nitrogens with zero attached hydrogens (tertiary/aromatic N) is 2. The summed E-state index contributed by atoms with van der Waals surface area (Å²) in [5.74, 6) is 0.971. The molecule has 5 heteroatoms. The normalized spacial score (nSPS) is 11.9. The molecule has 25 heavy (non-hydrogen) atoms. The lowest BCUT2D eigenvalue weighted by molar-refractivity contribution is 0.0938. The number of amides is 1. The summed E-state index contributed by atoms with van der Waals surface area (Å²) < 4.78 is 5.13. The molecule has 128 valence electrons. The summed E-state index contributed by atoms with van der Waals surface area (Å²) in [6, 6.07) is 17.6.